The van der Waals surface area contributed by atoms with Gasteiger partial charge in [-0.05, 0) is 19.4 Å². The predicted molar refractivity (Wildman–Crippen MR) is 75.6 cm³/mol. The third-order valence-electron chi connectivity index (χ3n) is 3.29. The second-order valence-electron chi connectivity index (χ2n) is 4.59. The van der Waals surface area contributed by atoms with Crippen LogP contribution in [0.15, 0.2) is 29.6 Å². The Morgan fingerprint density at radius 2 is 2.05 bits per heavy atom. The van der Waals surface area contributed by atoms with Gasteiger partial charge in [-0.15, -0.1) is 11.3 Å². The maximum atomic E-state index is 12.2. The number of benzene rings is 1. The number of rotatable bonds is 4. The first-order chi connectivity index (χ1) is 8.98. The Kier molecular flexibility index (Phi) is 3.57. The first kappa shape index (κ1) is 13.5. The van der Waals surface area contributed by atoms with Crippen molar-refractivity contribution in [2.45, 2.75) is 25.8 Å². The lowest BCUT2D eigenvalue weighted by Crippen LogP contribution is -2.51. The average molecular weight is 277 g/mol. The molecule has 0 aliphatic carbocycles. The highest BCUT2D eigenvalue weighted by molar-refractivity contribution is 7.17. The highest BCUT2D eigenvalue weighted by Gasteiger charge is 2.33. The first-order valence-electron chi connectivity index (χ1n) is 6.00. The summed E-state index contributed by atoms with van der Waals surface area (Å²) >= 11 is 1.48. The smallest absolute Gasteiger partial charge is 0.329 e. The zero-order chi connectivity index (χ0) is 14.0. The van der Waals surface area contributed by atoms with E-state index in [0.717, 1.165) is 10.1 Å². The number of carbonyl (C=O) groups is 2. The van der Waals surface area contributed by atoms with Gasteiger partial charge in [-0.1, -0.05) is 25.1 Å². The van der Waals surface area contributed by atoms with E-state index in [1.54, 1.807) is 12.3 Å². The van der Waals surface area contributed by atoms with Crippen LogP contribution in [0.5, 0.6) is 0 Å². The molecule has 0 fully saturated rings. The minimum Gasteiger partial charge on any atom is -0.480 e. The molecule has 100 valence electrons. The van der Waals surface area contributed by atoms with Crippen molar-refractivity contribution in [2.24, 2.45) is 0 Å². The molecule has 1 heterocycles. The minimum atomic E-state index is -1.24. The van der Waals surface area contributed by atoms with Crippen LogP contribution in [-0.2, 0) is 4.79 Å². The molecule has 19 heavy (non-hydrogen) atoms. The molecule has 0 saturated carbocycles. The van der Waals surface area contributed by atoms with Crippen molar-refractivity contribution in [2.75, 3.05) is 0 Å². The number of amides is 1. The van der Waals surface area contributed by atoms with Gasteiger partial charge in [0.1, 0.15) is 5.54 Å². The van der Waals surface area contributed by atoms with E-state index in [9.17, 15) is 14.7 Å². The number of aliphatic carboxylic acids is 1. The summed E-state index contributed by atoms with van der Waals surface area (Å²) in [6.07, 6.45) is 0.330. The molecule has 0 spiro atoms. The van der Waals surface area contributed by atoms with Crippen LogP contribution in [0.1, 0.15) is 30.6 Å². The largest absolute Gasteiger partial charge is 0.480 e. The monoisotopic (exact) mass is 277 g/mol. The molecule has 4 nitrogen and oxygen atoms in total. The van der Waals surface area contributed by atoms with Gasteiger partial charge in [-0.25, -0.2) is 4.79 Å². The summed E-state index contributed by atoms with van der Waals surface area (Å²) in [6, 6.07) is 7.58. The lowest BCUT2D eigenvalue weighted by atomic mass is 9.98. The summed E-state index contributed by atoms with van der Waals surface area (Å²) in [4.78, 5) is 23.4. The van der Waals surface area contributed by atoms with Gasteiger partial charge in [0.05, 0.1) is 5.56 Å². The van der Waals surface area contributed by atoms with Crippen LogP contribution in [0.25, 0.3) is 10.1 Å². The molecule has 1 aromatic carbocycles. The van der Waals surface area contributed by atoms with Crippen molar-refractivity contribution in [3.05, 3.63) is 35.2 Å². The molecule has 1 unspecified atom stereocenters. The standard InChI is InChI=1S/C14H15NO3S/c1-3-14(2,13(17)18)15-12(16)10-8-19-11-7-5-4-6-9(10)11/h4-8H,3H2,1-2H3,(H,15,16)(H,17,18). The fourth-order valence-corrected chi connectivity index (χ4v) is 2.71. The van der Waals surface area contributed by atoms with Crippen molar-refractivity contribution < 1.29 is 14.7 Å². The Hall–Kier alpha value is -1.88. The van der Waals surface area contributed by atoms with E-state index >= 15 is 0 Å². The number of hydrogen-bond donors (Lipinski definition) is 2. The molecule has 2 N–H and O–H groups in total. The summed E-state index contributed by atoms with van der Waals surface area (Å²) in [7, 11) is 0. The molecule has 5 heteroatoms. The van der Waals surface area contributed by atoms with Crippen molar-refractivity contribution in [3.63, 3.8) is 0 Å². The summed E-state index contributed by atoms with van der Waals surface area (Å²) in [5, 5.41) is 14.4. The van der Waals surface area contributed by atoms with Gasteiger partial charge < -0.3 is 10.4 Å². The maximum absolute atomic E-state index is 12.2. The predicted octanol–water partition coefficient (Wildman–Crippen LogP) is 2.88. The second kappa shape index (κ2) is 5.01. The minimum absolute atomic E-state index is 0.330. The summed E-state index contributed by atoms with van der Waals surface area (Å²) in [6.45, 7) is 3.25. The molecule has 0 aliphatic heterocycles. The van der Waals surface area contributed by atoms with Gasteiger partial charge in [-0.2, -0.15) is 0 Å². The third kappa shape index (κ3) is 2.46. The molecule has 0 bridgehead atoms. The Morgan fingerprint density at radius 1 is 1.37 bits per heavy atom. The average Bonchev–Trinajstić information content (AvgIpc) is 2.82. The van der Waals surface area contributed by atoms with Gasteiger partial charge in [0.15, 0.2) is 0 Å². The van der Waals surface area contributed by atoms with Crippen molar-refractivity contribution in [3.8, 4) is 0 Å². The zero-order valence-electron chi connectivity index (χ0n) is 10.8. The van der Waals surface area contributed by atoms with E-state index in [1.807, 2.05) is 24.3 Å². The zero-order valence-corrected chi connectivity index (χ0v) is 11.6. The van der Waals surface area contributed by atoms with Gasteiger partial charge >= 0.3 is 5.97 Å². The van der Waals surface area contributed by atoms with Crippen LogP contribution in [0.2, 0.25) is 0 Å². The van der Waals surface area contributed by atoms with Gasteiger partial charge in [0.2, 0.25) is 0 Å². The summed E-state index contributed by atoms with van der Waals surface area (Å²) in [5.74, 6) is -1.37. The van der Waals surface area contributed by atoms with E-state index in [0.29, 0.717) is 12.0 Å². The Morgan fingerprint density at radius 3 is 2.68 bits per heavy atom. The second-order valence-corrected chi connectivity index (χ2v) is 5.50. The number of nitrogens with one attached hydrogen (secondary N) is 1. The molecular formula is C14H15NO3S. The third-order valence-corrected chi connectivity index (χ3v) is 4.26. The lowest BCUT2D eigenvalue weighted by molar-refractivity contribution is -0.143. The molecule has 0 saturated heterocycles. The van der Waals surface area contributed by atoms with Crippen LogP contribution < -0.4 is 5.32 Å². The lowest BCUT2D eigenvalue weighted by Gasteiger charge is -2.24. The van der Waals surface area contributed by atoms with Gasteiger partial charge in [-0.3, -0.25) is 4.79 Å². The number of thiophene rings is 1. The Balaban J connectivity index is 2.32. The topological polar surface area (TPSA) is 66.4 Å². The van der Waals surface area contributed by atoms with Crippen molar-refractivity contribution in [1.82, 2.24) is 5.32 Å². The molecule has 0 aliphatic rings. The van der Waals surface area contributed by atoms with Gasteiger partial charge in [0.25, 0.3) is 5.91 Å². The van der Waals surface area contributed by atoms with Crippen LogP contribution in [-0.4, -0.2) is 22.5 Å². The molecule has 1 aromatic heterocycles. The molecule has 2 aromatic rings. The van der Waals surface area contributed by atoms with Crippen LogP contribution in [0.4, 0.5) is 0 Å². The molecular weight excluding hydrogens is 262 g/mol. The summed E-state index contributed by atoms with van der Waals surface area (Å²) in [5.41, 5.74) is -0.707. The van der Waals surface area contributed by atoms with Crippen molar-refractivity contribution >= 4 is 33.3 Å². The number of fused-ring (bicyclic) bond motifs is 1. The highest BCUT2D eigenvalue weighted by Crippen LogP contribution is 2.26. The van der Waals surface area contributed by atoms with Crippen LogP contribution >= 0.6 is 11.3 Å². The van der Waals surface area contributed by atoms with Crippen LogP contribution in [0.3, 0.4) is 0 Å². The Labute approximate surface area is 115 Å². The van der Waals surface area contributed by atoms with Gasteiger partial charge in [0, 0.05) is 15.5 Å². The number of carboxylic acid groups (broad SMARTS) is 1. The van der Waals surface area contributed by atoms with E-state index in [1.165, 1.54) is 18.3 Å². The van der Waals surface area contributed by atoms with E-state index in [2.05, 4.69) is 5.32 Å². The van der Waals surface area contributed by atoms with E-state index in [-0.39, 0.29) is 5.91 Å². The van der Waals surface area contributed by atoms with E-state index in [4.69, 9.17) is 0 Å². The first-order valence-corrected chi connectivity index (χ1v) is 6.88. The molecule has 1 atom stereocenters. The maximum Gasteiger partial charge on any atom is 0.329 e. The number of carbonyl (C=O) groups excluding carboxylic acids is 1. The highest BCUT2D eigenvalue weighted by atomic mass is 32.1. The molecule has 2 rings (SSSR count). The summed E-state index contributed by atoms with van der Waals surface area (Å²) < 4.78 is 1.01. The number of carboxylic acids is 1. The number of hydrogen-bond acceptors (Lipinski definition) is 3. The van der Waals surface area contributed by atoms with E-state index < -0.39 is 11.5 Å². The Bertz CT molecular complexity index is 634. The normalized spacial score (nSPS) is 14.0. The fraction of sp³-hybridized carbons (Fsp3) is 0.286. The molecule has 1 amide bonds. The quantitative estimate of drug-likeness (QED) is 0.903. The van der Waals surface area contributed by atoms with Crippen molar-refractivity contribution in [1.29, 1.82) is 0 Å². The van der Waals surface area contributed by atoms with Crippen LogP contribution in [0, 0.1) is 0 Å². The fourth-order valence-electron chi connectivity index (χ4n) is 1.76. The SMILES string of the molecule is CCC(C)(NC(=O)c1csc2ccccc12)C(=O)O. The molecule has 0 radical (unpaired) electrons.